The van der Waals surface area contributed by atoms with E-state index in [0.717, 1.165) is 0 Å². The highest BCUT2D eigenvalue weighted by Crippen LogP contribution is 2.54. The lowest BCUT2D eigenvalue weighted by atomic mass is 10.2. The van der Waals surface area contributed by atoms with Crippen LogP contribution in [0.25, 0.3) is 0 Å². The van der Waals surface area contributed by atoms with E-state index in [1.54, 1.807) is 0 Å². The maximum atomic E-state index is 13.4. The fraction of sp³-hybridized carbons (Fsp3) is 1.00. The molecule has 1 fully saturated rings. The molecule has 1 aliphatic heterocycles. The minimum Gasteiger partial charge on any atom is -0.412 e. The van der Waals surface area contributed by atoms with Crippen molar-refractivity contribution in [3.05, 3.63) is 0 Å². The van der Waals surface area contributed by atoms with E-state index in [9.17, 15) is 4.57 Å². The van der Waals surface area contributed by atoms with Crippen molar-refractivity contribution in [2.75, 3.05) is 6.61 Å². The highest BCUT2D eigenvalue weighted by molar-refractivity contribution is 7.52. The van der Waals surface area contributed by atoms with Crippen LogP contribution in [-0.2, 0) is 31.1 Å². The Morgan fingerprint density at radius 3 is 1.59 bits per heavy atom. The molecule has 1 aliphatic rings. The van der Waals surface area contributed by atoms with E-state index in [0.29, 0.717) is 6.42 Å². The van der Waals surface area contributed by atoms with Crippen molar-refractivity contribution in [2.24, 2.45) is 0 Å². The molecular formula is C17H43O7PSi4. The maximum absolute atomic E-state index is 13.4. The maximum Gasteiger partial charge on any atom is 0.455 e. The van der Waals surface area contributed by atoms with Crippen molar-refractivity contribution in [3.63, 3.8) is 0 Å². The third-order valence-electron chi connectivity index (χ3n) is 3.32. The third-order valence-corrected chi connectivity index (χ3v) is 11.9. The Bertz CT molecular complexity index is 558. The van der Waals surface area contributed by atoms with Gasteiger partial charge in [-0.1, -0.05) is 0 Å². The van der Waals surface area contributed by atoms with E-state index >= 15 is 0 Å². The Hall–Kier alpha value is 0.858. The fourth-order valence-electron chi connectivity index (χ4n) is 2.78. The first-order valence-corrected chi connectivity index (χ1v) is 25.4. The van der Waals surface area contributed by atoms with Crippen molar-refractivity contribution < 1.29 is 31.1 Å². The molecular weight excluding hydrogens is 459 g/mol. The quantitative estimate of drug-likeness (QED) is 0.253. The first-order chi connectivity index (χ1) is 12.7. The van der Waals surface area contributed by atoms with Gasteiger partial charge in [0.2, 0.25) is 0 Å². The van der Waals surface area contributed by atoms with Crippen LogP contribution in [0.15, 0.2) is 0 Å². The van der Waals surface area contributed by atoms with E-state index in [-0.39, 0.29) is 25.1 Å². The zero-order valence-electron chi connectivity index (χ0n) is 20.5. The Labute approximate surface area is 182 Å². The van der Waals surface area contributed by atoms with Gasteiger partial charge in [-0.05, 0) is 78.6 Å². The molecule has 0 aromatic heterocycles. The van der Waals surface area contributed by atoms with Crippen molar-refractivity contribution >= 4 is 41.1 Å². The summed E-state index contributed by atoms with van der Waals surface area (Å²) in [6.45, 7) is 24.7. The largest absolute Gasteiger partial charge is 0.455 e. The first kappa shape index (κ1) is 27.9. The molecule has 0 radical (unpaired) electrons. The molecule has 0 N–H and O–H groups in total. The topological polar surface area (TPSA) is 72.5 Å². The standard InChI is InChI=1S/C17H43O7PSi4/c1-26(2,3)21-15-13-17(22-27(4,5)6)20-16(15)14-19-25(18,23-28(7,8)9)24-29(10,11)12/h15-17H,13-14H2,1-12H3/t15-,16+,17?/m0/s1. The van der Waals surface area contributed by atoms with Gasteiger partial charge in [-0.25, -0.2) is 4.57 Å². The van der Waals surface area contributed by atoms with Crippen LogP contribution in [0.2, 0.25) is 78.6 Å². The lowest BCUT2D eigenvalue weighted by Gasteiger charge is -2.31. The Balaban J connectivity index is 2.94. The van der Waals surface area contributed by atoms with Crippen LogP contribution in [0.5, 0.6) is 0 Å². The van der Waals surface area contributed by atoms with Gasteiger partial charge in [0.15, 0.2) is 39.6 Å². The summed E-state index contributed by atoms with van der Waals surface area (Å²) in [5, 5.41) is 0. The molecule has 12 heteroatoms. The molecule has 174 valence electrons. The third kappa shape index (κ3) is 12.5. The molecule has 0 aliphatic carbocycles. The van der Waals surface area contributed by atoms with E-state index in [4.69, 9.17) is 26.5 Å². The lowest BCUT2D eigenvalue weighted by Crippen LogP contribution is -2.38. The highest BCUT2D eigenvalue weighted by atomic mass is 31.2. The molecule has 29 heavy (non-hydrogen) atoms. The number of hydrogen-bond acceptors (Lipinski definition) is 7. The summed E-state index contributed by atoms with van der Waals surface area (Å²) in [6.07, 6.45) is -0.203. The second kappa shape index (κ2) is 9.78. The average Bonchev–Trinajstić information content (AvgIpc) is 2.68. The van der Waals surface area contributed by atoms with Crippen LogP contribution < -0.4 is 0 Å². The number of ether oxygens (including phenoxy) is 1. The minimum absolute atomic E-state index is 0.0902. The zero-order chi connectivity index (χ0) is 22.9. The predicted octanol–water partition coefficient (Wildman–Crippen LogP) is 6.00. The van der Waals surface area contributed by atoms with E-state index in [1.807, 2.05) is 39.3 Å². The SMILES string of the molecule is C[Si](C)(C)OC1C[C@H](O[Si](C)(C)C)[C@@H](COP(=O)(O[Si](C)(C)C)O[Si](C)(C)C)O1. The zero-order valence-corrected chi connectivity index (χ0v) is 25.3. The molecule has 0 amide bonds. The molecule has 0 bridgehead atoms. The van der Waals surface area contributed by atoms with Crippen LogP contribution in [0.4, 0.5) is 0 Å². The number of hydrogen-bond donors (Lipinski definition) is 0. The number of rotatable bonds is 11. The summed E-state index contributed by atoms with van der Waals surface area (Å²) in [5.41, 5.74) is 0. The minimum atomic E-state index is -3.69. The van der Waals surface area contributed by atoms with Crippen LogP contribution in [-0.4, -0.2) is 58.4 Å². The summed E-state index contributed by atoms with van der Waals surface area (Å²) in [4.78, 5) is 0. The molecule has 1 saturated heterocycles. The van der Waals surface area contributed by atoms with Crippen LogP contribution in [0, 0.1) is 0 Å². The summed E-state index contributed by atoms with van der Waals surface area (Å²) in [5.74, 6) is 0. The van der Waals surface area contributed by atoms with Gasteiger partial charge < -0.3 is 22.0 Å². The smallest absolute Gasteiger partial charge is 0.412 e. The molecule has 0 spiro atoms. The molecule has 0 aromatic rings. The van der Waals surface area contributed by atoms with Gasteiger partial charge in [-0.2, -0.15) is 0 Å². The molecule has 0 aromatic carbocycles. The normalized spacial score (nSPS) is 24.9. The van der Waals surface area contributed by atoms with Crippen LogP contribution in [0.3, 0.4) is 0 Å². The second-order valence-electron chi connectivity index (χ2n) is 11.5. The highest BCUT2D eigenvalue weighted by Gasteiger charge is 2.44. The van der Waals surface area contributed by atoms with Gasteiger partial charge in [0, 0.05) is 6.42 Å². The Kier molecular flexibility index (Phi) is 9.40. The monoisotopic (exact) mass is 502 g/mol. The summed E-state index contributed by atoms with van der Waals surface area (Å²) in [6, 6.07) is 0. The first-order valence-electron chi connectivity index (χ1n) is 10.3. The lowest BCUT2D eigenvalue weighted by molar-refractivity contribution is -0.0950. The van der Waals surface area contributed by atoms with Gasteiger partial charge in [0.25, 0.3) is 0 Å². The average molecular weight is 503 g/mol. The molecule has 1 rings (SSSR count). The van der Waals surface area contributed by atoms with E-state index < -0.39 is 41.1 Å². The summed E-state index contributed by atoms with van der Waals surface area (Å²) < 4.78 is 49.6. The van der Waals surface area contributed by atoms with Gasteiger partial charge in [0.1, 0.15) is 6.10 Å². The van der Waals surface area contributed by atoms with Crippen LogP contribution >= 0.6 is 7.82 Å². The molecule has 0 saturated carbocycles. The second-order valence-corrected chi connectivity index (χ2v) is 31.5. The van der Waals surface area contributed by atoms with Gasteiger partial charge in [0.05, 0.1) is 12.7 Å². The van der Waals surface area contributed by atoms with E-state index in [1.165, 1.54) is 0 Å². The van der Waals surface area contributed by atoms with Crippen molar-refractivity contribution in [2.45, 2.75) is 103 Å². The van der Waals surface area contributed by atoms with Crippen molar-refractivity contribution in [1.29, 1.82) is 0 Å². The summed E-state index contributed by atoms with van der Waals surface area (Å²) >= 11 is 0. The number of phosphoric acid groups is 1. The molecule has 1 heterocycles. The van der Waals surface area contributed by atoms with E-state index in [2.05, 4.69) is 39.3 Å². The molecule has 3 atom stereocenters. The van der Waals surface area contributed by atoms with Gasteiger partial charge >= 0.3 is 7.82 Å². The molecule has 1 unspecified atom stereocenters. The van der Waals surface area contributed by atoms with Gasteiger partial charge in [-0.3, -0.25) is 4.52 Å². The molecule has 7 nitrogen and oxygen atoms in total. The predicted molar refractivity (Wildman–Crippen MR) is 128 cm³/mol. The Morgan fingerprint density at radius 2 is 1.21 bits per heavy atom. The van der Waals surface area contributed by atoms with Crippen molar-refractivity contribution in [1.82, 2.24) is 0 Å². The Morgan fingerprint density at radius 1 is 0.759 bits per heavy atom. The van der Waals surface area contributed by atoms with Crippen molar-refractivity contribution in [3.8, 4) is 0 Å². The summed E-state index contributed by atoms with van der Waals surface area (Å²) in [7, 11) is -11.5. The van der Waals surface area contributed by atoms with Gasteiger partial charge in [-0.15, -0.1) is 0 Å². The van der Waals surface area contributed by atoms with Crippen LogP contribution in [0.1, 0.15) is 6.42 Å². The fourth-order valence-corrected chi connectivity index (χ4v) is 11.5.